The van der Waals surface area contributed by atoms with Crippen LogP contribution in [0.4, 0.5) is 5.82 Å². The highest BCUT2D eigenvalue weighted by Crippen LogP contribution is 2.20. The minimum Gasteiger partial charge on any atom is -0.484 e. The lowest BCUT2D eigenvalue weighted by atomic mass is 10.1. The Labute approximate surface area is 181 Å². The molecule has 0 atom stereocenters. The summed E-state index contributed by atoms with van der Waals surface area (Å²) in [6.07, 6.45) is 0. The summed E-state index contributed by atoms with van der Waals surface area (Å²) in [5.74, 6) is 1.44. The first-order chi connectivity index (χ1) is 14.6. The van der Waals surface area contributed by atoms with Crippen LogP contribution in [0.1, 0.15) is 5.56 Å². The molecule has 0 radical (unpaired) electrons. The Hall–Kier alpha value is -3.12. The topological polar surface area (TPSA) is 58.6 Å². The van der Waals surface area contributed by atoms with Gasteiger partial charge in [0.25, 0.3) is 5.91 Å². The smallest absolute Gasteiger partial charge is 0.260 e. The minimum atomic E-state index is -0.0228. The van der Waals surface area contributed by atoms with Crippen molar-refractivity contribution in [1.29, 1.82) is 0 Å². The van der Waals surface area contributed by atoms with E-state index >= 15 is 0 Å². The molecule has 0 aliphatic carbocycles. The first-order valence-electron chi connectivity index (χ1n) is 9.90. The van der Waals surface area contributed by atoms with E-state index in [4.69, 9.17) is 16.3 Å². The molecular weight excluding hydrogens is 400 g/mol. The maximum Gasteiger partial charge on any atom is 0.260 e. The molecule has 30 heavy (non-hydrogen) atoms. The SMILES string of the molecule is Cc1ccc(-c2ccc(N3CCN(C(=O)COc4ccc(Cl)cc4)CC3)nn2)cc1. The molecule has 1 amide bonds. The van der Waals surface area contributed by atoms with Crippen molar-refractivity contribution >= 4 is 23.3 Å². The summed E-state index contributed by atoms with van der Waals surface area (Å²) >= 11 is 5.86. The van der Waals surface area contributed by atoms with Crippen molar-refractivity contribution in [3.05, 3.63) is 71.2 Å². The maximum atomic E-state index is 12.4. The third-order valence-corrected chi connectivity index (χ3v) is 5.38. The highest BCUT2D eigenvalue weighted by Gasteiger charge is 2.22. The molecule has 0 unspecified atom stereocenters. The summed E-state index contributed by atoms with van der Waals surface area (Å²) in [5, 5.41) is 9.41. The summed E-state index contributed by atoms with van der Waals surface area (Å²) in [6.45, 7) is 4.77. The van der Waals surface area contributed by atoms with Crippen LogP contribution in [0.5, 0.6) is 5.75 Å². The van der Waals surface area contributed by atoms with E-state index < -0.39 is 0 Å². The predicted octanol–water partition coefficient (Wildman–Crippen LogP) is 3.83. The van der Waals surface area contributed by atoms with E-state index in [-0.39, 0.29) is 12.5 Å². The number of carbonyl (C=O) groups is 1. The van der Waals surface area contributed by atoms with Crippen molar-refractivity contribution in [2.45, 2.75) is 6.92 Å². The Balaban J connectivity index is 1.29. The molecule has 1 aliphatic rings. The van der Waals surface area contributed by atoms with Gasteiger partial charge in [0, 0.05) is 36.8 Å². The van der Waals surface area contributed by atoms with Crippen molar-refractivity contribution in [3.63, 3.8) is 0 Å². The van der Waals surface area contributed by atoms with Crippen LogP contribution in [0.2, 0.25) is 5.02 Å². The summed E-state index contributed by atoms with van der Waals surface area (Å²) in [5.41, 5.74) is 3.12. The molecular formula is C23H23ClN4O2. The van der Waals surface area contributed by atoms with E-state index in [0.717, 1.165) is 17.1 Å². The van der Waals surface area contributed by atoms with Gasteiger partial charge in [0.2, 0.25) is 0 Å². The van der Waals surface area contributed by atoms with E-state index in [1.165, 1.54) is 5.56 Å². The van der Waals surface area contributed by atoms with Crippen molar-refractivity contribution in [2.24, 2.45) is 0 Å². The van der Waals surface area contributed by atoms with Crippen LogP contribution in [0.25, 0.3) is 11.3 Å². The van der Waals surface area contributed by atoms with Crippen molar-refractivity contribution in [1.82, 2.24) is 15.1 Å². The monoisotopic (exact) mass is 422 g/mol. The number of aromatic nitrogens is 2. The van der Waals surface area contributed by atoms with Gasteiger partial charge in [0.15, 0.2) is 12.4 Å². The molecule has 1 saturated heterocycles. The van der Waals surface area contributed by atoms with Crippen molar-refractivity contribution in [3.8, 4) is 17.0 Å². The highest BCUT2D eigenvalue weighted by atomic mass is 35.5. The van der Waals surface area contributed by atoms with Crippen LogP contribution in [-0.2, 0) is 4.79 Å². The van der Waals surface area contributed by atoms with Gasteiger partial charge in [-0.3, -0.25) is 4.79 Å². The average molecular weight is 423 g/mol. The number of piperazine rings is 1. The van der Waals surface area contributed by atoms with Crippen LogP contribution in [0.15, 0.2) is 60.7 Å². The molecule has 7 heteroatoms. The first-order valence-corrected chi connectivity index (χ1v) is 10.3. The lowest BCUT2D eigenvalue weighted by Gasteiger charge is -2.35. The van der Waals surface area contributed by atoms with Gasteiger partial charge in [0.05, 0.1) is 5.69 Å². The number of hydrogen-bond donors (Lipinski definition) is 0. The second kappa shape index (κ2) is 9.13. The number of ether oxygens (including phenoxy) is 1. The lowest BCUT2D eigenvalue weighted by molar-refractivity contribution is -0.133. The zero-order valence-corrected chi connectivity index (χ0v) is 17.5. The Morgan fingerprint density at radius 2 is 1.63 bits per heavy atom. The van der Waals surface area contributed by atoms with Gasteiger partial charge >= 0.3 is 0 Å². The number of nitrogens with zero attached hydrogens (tertiary/aromatic N) is 4. The summed E-state index contributed by atoms with van der Waals surface area (Å²) < 4.78 is 5.56. The van der Waals surface area contributed by atoms with Gasteiger partial charge in [-0.25, -0.2) is 0 Å². The predicted molar refractivity (Wildman–Crippen MR) is 118 cm³/mol. The molecule has 0 spiro atoms. The molecule has 4 rings (SSSR count). The zero-order chi connectivity index (χ0) is 20.9. The molecule has 0 N–H and O–H groups in total. The molecule has 154 valence electrons. The molecule has 2 aromatic carbocycles. The summed E-state index contributed by atoms with van der Waals surface area (Å²) in [7, 11) is 0. The number of aryl methyl sites for hydroxylation is 1. The number of anilines is 1. The second-order valence-electron chi connectivity index (χ2n) is 7.25. The molecule has 0 saturated carbocycles. The molecule has 1 aromatic heterocycles. The number of amides is 1. The second-order valence-corrected chi connectivity index (χ2v) is 7.69. The standard InChI is InChI=1S/C23H23ClN4O2/c1-17-2-4-18(5-3-17)21-10-11-22(26-25-21)27-12-14-28(15-13-27)23(29)16-30-20-8-6-19(24)7-9-20/h2-11H,12-16H2,1H3. The van der Waals surface area contributed by atoms with E-state index in [1.54, 1.807) is 24.3 Å². The fourth-order valence-corrected chi connectivity index (χ4v) is 3.45. The molecule has 1 fully saturated rings. The Morgan fingerprint density at radius 3 is 2.27 bits per heavy atom. The van der Waals surface area contributed by atoms with Crippen LogP contribution < -0.4 is 9.64 Å². The van der Waals surface area contributed by atoms with Gasteiger partial charge < -0.3 is 14.5 Å². The fourth-order valence-electron chi connectivity index (χ4n) is 3.32. The fraction of sp³-hybridized carbons (Fsp3) is 0.261. The minimum absolute atomic E-state index is 0.0205. The first kappa shape index (κ1) is 20.2. The Bertz CT molecular complexity index is 983. The molecule has 0 bridgehead atoms. The highest BCUT2D eigenvalue weighted by molar-refractivity contribution is 6.30. The zero-order valence-electron chi connectivity index (χ0n) is 16.8. The maximum absolute atomic E-state index is 12.4. The van der Waals surface area contributed by atoms with Crippen molar-refractivity contribution in [2.75, 3.05) is 37.7 Å². The third-order valence-electron chi connectivity index (χ3n) is 5.13. The molecule has 3 aromatic rings. The quantitative estimate of drug-likeness (QED) is 0.625. The van der Waals surface area contributed by atoms with Crippen molar-refractivity contribution < 1.29 is 9.53 Å². The number of hydrogen-bond acceptors (Lipinski definition) is 5. The molecule has 6 nitrogen and oxygen atoms in total. The Morgan fingerprint density at radius 1 is 0.933 bits per heavy atom. The largest absolute Gasteiger partial charge is 0.484 e. The molecule has 1 aliphatic heterocycles. The van der Waals surface area contributed by atoms with Gasteiger partial charge in [-0.1, -0.05) is 41.4 Å². The summed E-state index contributed by atoms with van der Waals surface area (Å²) in [6, 6.07) is 19.2. The van der Waals surface area contributed by atoms with Crippen LogP contribution in [0, 0.1) is 6.92 Å². The molecule has 2 heterocycles. The van der Waals surface area contributed by atoms with Crippen LogP contribution >= 0.6 is 11.6 Å². The number of benzene rings is 2. The van der Waals surface area contributed by atoms with E-state index in [1.807, 2.05) is 17.0 Å². The van der Waals surface area contributed by atoms with E-state index in [2.05, 4.69) is 46.3 Å². The normalized spacial score (nSPS) is 13.9. The number of rotatable bonds is 5. The number of carbonyl (C=O) groups excluding carboxylic acids is 1. The van der Waals surface area contributed by atoms with Gasteiger partial charge in [0.1, 0.15) is 5.75 Å². The Kier molecular flexibility index (Phi) is 6.14. The number of halogens is 1. The van der Waals surface area contributed by atoms with Crippen LogP contribution in [-0.4, -0.2) is 53.8 Å². The van der Waals surface area contributed by atoms with Gasteiger partial charge in [-0.05, 0) is 43.3 Å². The van der Waals surface area contributed by atoms with Gasteiger partial charge in [-0.2, -0.15) is 0 Å². The third kappa shape index (κ3) is 4.89. The average Bonchev–Trinajstić information content (AvgIpc) is 2.79. The van der Waals surface area contributed by atoms with E-state index in [9.17, 15) is 4.79 Å². The summed E-state index contributed by atoms with van der Waals surface area (Å²) in [4.78, 5) is 16.4. The lowest BCUT2D eigenvalue weighted by Crippen LogP contribution is -2.50. The van der Waals surface area contributed by atoms with Crippen LogP contribution in [0.3, 0.4) is 0 Å². The van der Waals surface area contributed by atoms with E-state index in [0.29, 0.717) is 37.0 Å². The van der Waals surface area contributed by atoms with Gasteiger partial charge in [-0.15, -0.1) is 10.2 Å².